The highest BCUT2D eigenvalue weighted by Gasteiger charge is 2.58. The van der Waals surface area contributed by atoms with Crippen LogP contribution in [0.2, 0.25) is 5.02 Å². The van der Waals surface area contributed by atoms with E-state index in [9.17, 15) is 0 Å². The van der Waals surface area contributed by atoms with E-state index in [1.54, 1.807) is 6.07 Å². The van der Waals surface area contributed by atoms with Gasteiger partial charge in [0.2, 0.25) is 0 Å². The van der Waals surface area contributed by atoms with Crippen molar-refractivity contribution in [2.75, 3.05) is 0 Å². The van der Waals surface area contributed by atoms with Crippen molar-refractivity contribution in [3.63, 3.8) is 0 Å². The number of benzene rings is 1. The molecule has 0 saturated heterocycles. The zero-order chi connectivity index (χ0) is 12.8. The topological polar surface area (TPSA) is 23.8 Å². The number of halogens is 1. The molecule has 2 atom stereocenters. The van der Waals surface area contributed by atoms with E-state index in [2.05, 4.69) is 33.4 Å². The summed E-state index contributed by atoms with van der Waals surface area (Å²) in [6.45, 7) is 10.6. The Bertz CT molecular complexity index is 522. The van der Waals surface area contributed by atoms with Crippen LogP contribution >= 0.6 is 11.6 Å². The molecule has 1 fully saturated rings. The summed E-state index contributed by atoms with van der Waals surface area (Å²) < 4.78 is 0. The number of allylic oxidation sites excluding steroid dienone is 1. The van der Waals surface area contributed by atoms with Crippen LogP contribution < -0.4 is 0 Å². The lowest BCUT2D eigenvalue weighted by Gasteiger charge is -2.04. The molecule has 1 aliphatic rings. The summed E-state index contributed by atoms with van der Waals surface area (Å²) in [5.74, 6) is 0.929. The standard InChI is InChI=1S/C15H16ClN/c1-9(2)13-14(15(13,3)4)11-5-10(8-17)6-12(16)7-11/h5-7,13-14H,1H2,2-4H3. The molecular weight excluding hydrogens is 230 g/mol. The summed E-state index contributed by atoms with van der Waals surface area (Å²) in [7, 11) is 0. The van der Waals surface area contributed by atoms with Gasteiger partial charge in [-0.15, -0.1) is 0 Å². The zero-order valence-electron chi connectivity index (χ0n) is 10.4. The number of nitriles is 1. The van der Waals surface area contributed by atoms with Crippen molar-refractivity contribution in [2.24, 2.45) is 11.3 Å². The zero-order valence-corrected chi connectivity index (χ0v) is 11.2. The molecule has 17 heavy (non-hydrogen) atoms. The molecule has 0 amide bonds. The largest absolute Gasteiger partial charge is 0.192 e. The lowest BCUT2D eigenvalue weighted by atomic mass is 10.0. The van der Waals surface area contributed by atoms with Gasteiger partial charge in [-0.25, -0.2) is 0 Å². The minimum Gasteiger partial charge on any atom is -0.192 e. The van der Waals surface area contributed by atoms with Gasteiger partial charge < -0.3 is 0 Å². The summed E-state index contributed by atoms with van der Waals surface area (Å²) in [5, 5.41) is 9.61. The van der Waals surface area contributed by atoms with E-state index in [-0.39, 0.29) is 5.41 Å². The Morgan fingerprint density at radius 2 is 2.06 bits per heavy atom. The molecule has 0 aliphatic heterocycles. The highest BCUT2D eigenvalue weighted by atomic mass is 35.5. The molecule has 1 aliphatic carbocycles. The van der Waals surface area contributed by atoms with Crippen LogP contribution in [0.1, 0.15) is 37.8 Å². The molecule has 1 aromatic carbocycles. The van der Waals surface area contributed by atoms with E-state index in [0.29, 0.717) is 22.4 Å². The maximum Gasteiger partial charge on any atom is 0.0992 e. The van der Waals surface area contributed by atoms with Crippen LogP contribution in [0, 0.1) is 22.7 Å². The summed E-state index contributed by atoms with van der Waals surface area (Å²) in [5.41, 5.74) is 3.23. The van der Waals surface area contributed by atoms with Crippen LogP contribution in [0.3, 0.4) is 0 Å². The van der Waals surface area contributed by atoms with Crippen LogP contribution in [0.4, 0.5) is 0 Å². The molecule has 2 rings (SSSR count). The molecule has 1 aromatic rings. The van der Waals surface area contributed by atoms with Gasteiger partial charge in [-0.05, 0) is 47.9 Å². The van der Waals surface area contributed by atoms with Gasteiger partial charge in [0.1, 0.15) is 0 Å². The van der Waals surface area contributed by atoms with E-state index in [0.717, 1.165) is 5.56 Å². The quantitative estimate of drug-likeness (QED) is 0.703. The van der Waals surface area contributed by atoms with Crippen LogP contribution in [0.5, 0.6) is 0 Å². The molecule has 0 spiro atoms. The number of rotatable bonds is 2. The SMILES string of the molecule is C=C(C)C1C(c2cc(Cl)cc(C#N)c2)C1(C)C. The second kappa shape index (κ2) is 3.89. The molecule has 2 heteroatoms. The third-order valence-corrected chi connectivity index (χ3v) is 3.98. The highest BCUT2D eigenvalue weighted by molar-refractivity contribution is 6.30. The summed E-state index contributed by atoms with van der Waals surface area (Å²) in [6.07, 6.45) is 0. The molecule has 0 aromatic heterocycles. The summed E-state index contributed by atoms with van der Waals surface area (Å²) >= 11 is 6.05. The average molecular weight is 246 g/mol. The van der Waals surface area contributed by atoms with Gasteiger partial charge in [0.25, 0.3) is 0 Å². The Morgan fingerprint density at radius 3 is 2.53 bits per heavy atom. The van der Waals surface area contributed by atoms with E-state index in [1.807, 2.05) is 12.1 Å². The number of nitrogens with zero attached hydrogens (tertiary/aromatic N) is 1. The van der Waals surface area contributed by atoms with Crippen LogP contribution in [0.15, 0.2) is 30.4 Å². The summed E-state index contributed by atoms with van der Waals surface area (Å²) in [4.78, 5) is 0. The molecule has 88 valence electrons. The second-order valence-corrected chi connectivity index (χ2v) is 5.94. The van der Waals surface area contributed by atoms with Crippen molar-refractivity contribution < 1.29 is 0 Å². The van der Waals surface area contributed by atoms with Gasteiger partial charge >= 0.3 is 0 Å². The fraction of sp³-hybridized carbons (Fsp3) is 0.400. The first-order chi connectivity index (χ1) is 7.87. The van der Waals surface area contributed by atoms with Crippen molar-refractivity contribution in [2.45, 2.75) is 26.7 Å². The van der Waals surface area contributed by atoms with Gasteiger partial charge in [0.05, 0.1) is 11.6 Å². The Balaban J connectivity index is 2.41. The van der Waals surface area contributed by atoms with Crippen LogP contribution in [-0.2, 0) is 0 Å². The Hall–Kier alpha value is -1.26. The van der Waals surface area contributed by atoms with Crippen molar-refractivity contribution in [3.05, 3.63) is 46.5 Å². The first-order valence-corrected chi connectivity index (χ1v) is 6.11. The minimum atomic E-state index is 0.225. The second-order valence-electron chi connectivity index (χ2n) is 5.51. The predicted octanol–water partition coefficient (Wildman–Crippen LogP) is 4.53. The first-order valence-electron chi connectivity index (χ1n) is 5.74. The Kier molecular flexibility index (Phi) is 2.79. The molecule has 0 heterocycles. The lowest BCUT2D eigenvalue weighted by molar-refractivity contribution is 0.584. The first kappa shape index (κ1) is 12.2. The van der Waals surface area contributed by atoms with E-state index >= 15 is 0 Å². The molecule has 1 nitrogen and oxygen atoms in total. The Morgan fingerprint density at radius 1 is 1.41 bits per heavy atom. The highest BCUT2D eigenvalue weighted by Crippen LogP contribution is 2.67. The van der Waals surface area contributed by atoms with E-state index in [4.69, 9.17) is 16.9 Å². The predicted molar refractivity (Wildman–Crippen MR) is 71.0 cm³/mol. The smallest absolute Gasteiger partial charge is 0.0992 e. The third kappa shape index (κ3) is 1.98. The van der Waals surface area contributed by atoms with Gasteiger partial charge in [0.15, 0.2) is 0 Å². The van der Waals surface area contributed by atoms with Crippen LogP contribution in [-0.4, -0.2) is 0 Å². The van der Waals surface area contributed by atoms with Crippen molar-refractivity contribution >= 4 is 11.6 Å². The third-order valence-electron chi connectivity index (χ3n) is 3.77. The van der Waals surface area contributed by atoms with Gasteiger partial charge in [-0.3, -0.25) is 0 Å². The maximum absolute atomic E-state index is 8.97. The normalized spacial score (nSPS) is 25.1. The lowest BCUT2D eigenvalue weighted by Crippen LogP contribution is -1.91. The van der Waals surface area contributed by atoms with Gasteiger partial charge in [-0.2, -0.15) is 5.26 Å². The molecule has 0 bridgehead atoms. The number of hydrogen-bond donors (Lipinski definition) is 0. The minimum absolute atomic E-state index is 0.225. The number of hydrogen-bond acceptors (Lipinski definition) is 1. The molecule has 2 unspecified atom stereocenters. The van der Waals surface area contributed by atoms with Crippen molar-refractivity contribution in [3.8, 4) is 6.07 Å². The van der Waals surface area contributed by atoms with Crippen molar-refractivity contribution in [1.82, 2.24) is 0 Å². The molecule has 0 N–H and O–H groups in total. The molecular formula is C15H16ClN. The van der Waals surface area contributed by atoms with Gasteiger partial charge in [-0.1, -0.05) is 37.6 Å². The monoisotopic (exact) mass is 245 g/mol. The van der Waals surface area contributed by atoms with Crippen LogP contribution in [0.25, 0.3) is 0 Å². The molecule has 0 radical (unpaired) electrons. The average Bonchev–Trinajstić information content (AvgIpc) is 2.80. The summed E-state index contributed by atoms with van der Waals surface area (Å²) in [6, 6.07) is 7.78. The van der Waals surface area contributed by atoms with E-state index in [1.165, 1.54) is 5.57 Å². The Labute approximate surface area is 108 Å². The molecule has 1 saturated carbocycles. The van der Waals surface area contributed by atoms with Crippen molar-refractivity contribution in [1.29, 1.82) is 5.26 Å². The fourth-order valence-electron chi connectivity index (χ4n) is 3.04. The van der Waals surface area contributed by atoms with E-state index < -0.39 is 0 Å². The van der Waals surface area contributed by atoms with Gasteiger partial charge in [0, 0.05) is 5.02 Å². The fourth-order valence-corrected chi connectivity index (χ4v) is 3.28. The maximum atomic E-state index is 8.97.